The van der Waals surface area contributed by atoms with Crippen molar-refractivity contribution in [1.82, 2.24) is 24.6 Å². The van der Waals surface area contributed by atoms with Crippen molar-refractivity contribution in [3.8, 4) is 10.7 Å². The third-order valence-electron chi connectivity index (χ3n) is 4.41. The molecule has 0 fully saturated rings. The van der Waals surface area contributed by atoms with Crippen LogP contribution in [0.2, 0.25) is 0 Å². The number of fused-ring (bicyclic) bond motifs is 1. The minimum Gasteiger partial charge on any atom is -0.306 e. The Morgan fingerprint density at radius 1 is 1.42 bits per heavy atom. The van der Waals surface area contributed by atoms with Crippen LogP contribution in [0.25, 0.3) is 10.7 Å². The van der Waals surface area contributed by atoms with Gasteiger partial charge in [0.2, 0.25) is 0 Å². The summed E-state index contributed by atoms with van der Waals surface area (Å²) in [6.07, 6.45) is 2.85. The summed E-state index contributed by atoms with van der Waals surface area (Å²) in [6, 6.07) is 3.95. The van der Waals surface area contributed by atoms with Crippen LogP contribution in [0, 0.1) is 6.92 Å². The maximum atomic E-state index is 12.5. The Morgan fingerprint density at radius 3 is 3.00 bits per heavy atom. The van der Waals surface area contributed by atoms with Crippen LogP contribution in [0.4, 0.5) is 0 Å². The van der Waals surface area contributed by atoms with Crippen LogP contribution >= 0.6 is 11.3 Å². The fraction of sp³-hybridized carbons (Fsp3) is 0.353. The van der Waals surface area contributed by atoms with Crippen molar-refractivity contribution < 1.29 is 0 Å². The molecule has 6 nitrogen and oxygen atoms in total. The Hall–Kier alpha value is -2.25. The van der Waals surface area contributed by atoms with Gasteiger partial charge in [0, 0.05) is 44.9 Å². The lowest BCUT2D eigenvalue weighted by atomic mass is 10.1. The van der Waals surface area contributed by atoms with Crippen LogP contribution < -0.4 is 5.56 Å². The number of thiophene rings is 1. The van der Waals surface area contributed by atoms with Gasteiger partial charge in [-0.2, -0.15) is 5.10 Å². The minimum atomic E-state index is -0.0176. The molecule has 0 radical (unpaired) electrons. The lowest BCUT2D eigenvalue weighted by molar-refractivity contribution is 0.241. The van der Waals surface area contributed by atoms with E-state index in [2.05, 4.69) is 15.0 Å². The van der Waals surface area contributed by atoms with E-state index in [0.717, 1.165) is 41.3 Å². The average Bonchev–Trinajstić information content (AvgIpc) is 3.18. The highest BCUT2D eigenvalue weighted by molar-refractivity contribution is 7.13. The topological polar surface area (TPSA) is 66.8 Å². The van der Waals surface area contributed by atoms with E-state index in [9.17, 15) is 4.79 Å². The van der Waals surface area contributed by atoms with Crippen molar-refractivity contribution in [3.05, 3.63) is 56.6 Å². The lowest BCUT2D eigenvalue weighted by Crippen LogP contribution is -2.35. The van der Waals surface area contributed by atoms with Gasteiger partial charge in [0.05, 0.1) is 21.8 Å². The van der Waals surface area contributed by atoms with Gasteiger partial charge in [-0.25, -0.2) is 4.98 Å². The van der Waals surface area contributed by atoms with E-state index < -0.39 is 0 Å². The highest BCUT2D eigenvalue weighted by Gasteiger charge is 2.22. The molecule has 0 saturated carbocycles. The third-order valence-corrected chi connectivity index (χ3v) is 5.29. The molecule has 7 heteroatoms. The second-order valence-electron chi connectivity index (χ2n) is 6.19. The number of rotatable bonds is 3. The molecule has 0 bridgehead atoms. The SMILES string of the molecule is Cc1nn(C)cc1CN1CCc2nc(-c3cccs3)[nH]c(=O)c2C1. The van der Waals surface area contributed by atoms with E-state index in [1.807, 2.05) is 42.4 Å². The van der Waals surface area contributed by atoms with Crippen molar-refractivity contribution in [2.75, 3.05) is 6.54 Å². The Bertz CT molecular complexity index is 925. The summed E-state index contributed by atoms with van der Waals surface area (Å²) >= 11 is 1.59. The molecular weight excluding hydrogens is 322 g/mol. The number of hydrogen-bond donors (Lipinski definition) is 1. The molecule has 0 atom stereocenters. The quantitative estimate of drug-likeness (QED) is 0.792. The molecule has 1 aliphatic rings. The molecule has 124 valence electrons. The van der Waals surface area contributed by atoms with E-state index in [0.29, 0.717) is 12.4 Å². The van der Waals surface area contributed by atoms with Gasteiger partial charge in [-0.05, 0) is 18.4 Å². The van der Waals surface area contributed by atoms with Crippen molar-refractivity contribution in [2.45, 2.75) is 26.4 Å². The Kier molecular flexibility index (Phi) is 3.82. The number of hydrogen-bond acceptors (Lipinski definition) is 5. The zero-order valence-corrected chi connectivity index (χ0v) is 14.6. The van der Waals surface area contributed by atoms with E-state index >= 15 is 0 Å². The molecule has 3 aromatic heterocycles. The number of nitrogens with one attached hydrogen (secondary N) is 1. The van der Waals surface area contributed by atoms with Gasteiger partial charge in [-0.1, -0.05) is 6.07 Å². The second-order valence-corrected chi connectivity index (χ2v) is 7.14. The highest BCUT2D eigenvalue weighted by atomic mass is 32.1. The minimum absolute atomic E-state index is 0.0176. The molecule has 1 N–H and O–H groups in total. The summed E-state index contributed by atoms with van der Waals surface area (Å²) in [5, 5.41) is 6.38. The molecule has 0 aromatic carbocycles. The van der Waals surface area contributed by atoms with Crippen LogP contribution in [0.5, 0.6) is 0 Å². The third kappa shape index (κ3) is 2.81. The van der Waals surface area contributed by atoms with Gasteiger partial charge in [0.1, 0.15) is 0 Å². The first-order valence-corrected chi connectivity index (χ1v) is 8.85. The number of aromatic nitrogens is 4. The van der Waals surface area contributed by atoms with Crippen LogP contribution in [0.15, 0.2) is 28.5 Å². The molecular formula is C17H19N5OS. The number of aryl methyl sites for hydroxylation is 2. The van der Waals surface area contributed by atoms with E-state index in [-0.39, 0.29) is 5.56 Å². The zero-order chi connectivity index (χ0) is 16.7. The van der Waals surface area contributed by atoms with Crippen molar-refractivity contribution in [3.63, 3.8) is 0 Å². The predicted molar refractivity (Wildman–Crippen MR) is 93.9 cm³/mol. The first-order chi connectivity index (χ1) is 11.6. The van der Waals surface area contributed by atoms with Gasteiger partial charge in [0.15, 0.2) is 5.82 Å². The van der Waals surface area contributed by atoms with Crippen LogP contribution in [0.1, 0.15) is 22.5 Å². The molecule has 1 aliphatic heterocycles. The standard InChI is InChI=1S/C17H19N5OS/c1-11-12(8-21(2)20-11)9-22-6-5-14-13(10-22)17(23)19-16(18-14)15-4-3-7-24-15/h3-4,7-8H,5-6,9-10H2,1-2H3,(H,18,19,23). The number of H-pyrrole nitrogens is 1. The maximum absolute atomic E-state index is 12.5. The Labute approximate surface area is 143 Å². The molecule has 3 aromatic rings. The van der Waals surface area contributed by atoms with E-state index in [1.165, 1.54) is 5.56 Å². The first-order valence-electron chi connectivity index (χ1n) is 7.97. The van der Waals surface area contributed by atoms with E-state index in [4.69, 9.17) is 4.98 Å². The molecule has 0 unspecified atom stereocenters. The van der Waals surface area contributed by atoms with Crippen LogP contribution in [-0.4, -0.2) is 31.2 Å². The monoisotopic (exact) mass is 341 g/mol. The molecule has 0 saturated heterocycles. The maximum Gasteiger partial charge on any atom is 0.255 e. The predicted octanol–water partition coefficient (Wildman–Crippen LogP) is 2.10. The average molecular weight is 341 g/mol. The van der Waals surface area contributed by atoms with E-state index in [1.54, 1.807) is 11.3 Å². The van der Waals surface area contributed by atoms with Crippen molar-refractivity contribution in [2.24, 2.45) is 7.05 Å². The molecule has 0 spiro atoms. The van der Waals surface area contributed by atoms with Crippen LogP contribution in [0.3, 0.4) is 0 Å². The summed E-state index contributed by atoms with van der Waals surface area (Å²) in [6.45, 7) is 4.37. The number of aromatic amines is 1. The van der Waals surface area contributed by atoms with Crippen molar-refractivity contribution in [1.29, 1.82) is 0 Å². The van der Waals surface area contributed by atoms with Gasteiger partial charge in [-0.15, -0.1) is 11.3 Å². The molecule has 4 heterocycles. The lowest BCUT2D eigenvalue weighted by Gasteiger charge is -2.27. The molecule has 0 amide bonds. The highest BCUT2D eigenvalue weighted by Crippen LogP contribution is 2.23. The van der Waals surface area contributed by atoms with Gasteiger partial charge in [0.25, 0.3) is 5.56 Å². The summed E-state index contributed by atoms with van der Waals surface area (Å²) in [5.74, 6) is 0.685. The van der Waals surface area contributed by atoms with Gasteiger partial charge in [-0.3, -0.25) is 14.4 Å². The molecule has 4 rings (SSSR count). The largest absolute Gasteiger partial charge is 0.306 e. The first kappa shape index (κ1) is 15.3. The molecule has 0 aliphatic carbocycles. The van der Waals surface area contributed by atoms with Gasteiger partial charge < -0.3 is 4.98 Å². The fourth-order valence-corrected chi connectivity index (χ4v) is 3.86. The van der Waals surface area contributed by atoms with Crippen LogP contribution in [-0.2, 0) is 26.6 Å². The number of nitrogens with zero attached hydrogens (tertiary/aromatic N) is 4. The van der Waals surface area contributed by atoms with Gasteiger partial charge >= 0.3 is 0 Å². The van der Waals surface area contributed by atoms with Crippen molar-refractivity contribution >= 4 is 11.3 Å². The normalized spacial score (nSPS) is 14.8. The second kappa shape index (κ2) is 5.99. The summed E-state index contributed by atoms with van der Waals surface area (Å²) in [5.41, 5.74) is 3.96. The smallest absolute Gasteiger partial charge is 0.255 e. The summed E-state index contributed by atoms with van der Waals surface area (Å²) in [4.78, 5) is 23.4. The summed E-state index contributed by atoms with van der Waals surface area (Å²) in [7, 11) is 1.93. The fourth-order valence-electron chi connectivity index (χ4n) is 3.19. The Morgan fingerprint density at radius 2 is 2.29 bits per heavy atom. The zero-order valence-electron chi connectivity index (χ0n) is 13.7. The molecule has 24 heavy (non-hydrogen) atoms. The summed E-state index contributed by atoms with van der Waals surface area (Å²) < 4.78 is 1.84. The Balaban J connectivity index is 1.59.